The van der Waals surface area contributed by atoms with Gasteiger partial charge >= 0.3 is 0 Å². The Kier molecular flexibility index (Phi) is 6.36. The van der Waals surface area contributed by atoms with Crippen LogP contribution in [0.25, 0.3) is 0 Å². The smallest absolute Gasteiger partial charge is 0.261 e. The van der Waals surface area contributed by atoms with Gasteiger partial charge in [0.05, 0.1) is 13.2 Å². The summed E-state index contributed by atoms with van der Waals surface area (Å²) in [4.78, 5) is 0. The van der Waals surface area contributed by atoms with E-state index in [1.807, 2.05) is 39.0 Å². The van der Waals surface area contributed by atoms with E-state index >= 15 is 0 Å². The number of nitrogens with one attached hydrogen (secondary N) is 1. The predicted octanol–water partition coefficient (Wildman–Crippen LogP) is 3.41. The molecule has 1 aromatic carbocycles. The van der Waals surface area contributed by atoms with Crippen LogP contribution in [0.2, 0.25) is 0 Å². The maximum Gasteiger partial charge on any atom is 0.261 e. The molecule has 0 saturated carbocycles. The van der Waals surface area contributed by atoms with Crippen molar-refractivity contribution in [1.82, 2.24) is 5.32 Å². The first-order chi connectivity index (χ1) is 9.31. The summed E-state index contributed by atoms with van der Waals surface area (Å²) in [6.07, 6.45) is -2.91. The van der Waals surface area contributed by atoms with Crippen molar-refractivity contribution in [3.05, 3.63) is 29.8 Å². The van der Waals surface area contributed by atoms with E-state index < -0.39 is 19.1 Å². The second-order valence-corrected chi connectivity index (χ2v) is 5.62. The van der Waals surface area contributed by atoms with Crippen molar-refractivity contribution in [2.75, 3.05) is 20.3 Å². The van der Waals surface area contributed by atoms with E-state index in [4.69, 9.17) is 9.47 Å². The van der Waals surface area contributed by atoms with Gasteiger partial charge in [-0.3, -0.25) is 0 Å². The average molecular weight is 287 g/mol. The summed E-state index contributed by atoms with van der Waals surface area (Å²) in [5.74, 6) is 0.684. The van der Waals surface area contributed by atoms with E-state index in [1.54, 1.807) is 13.2 Å². The van der Waals surface area contributed by atoms with Gasteiger partial charge in [-0.25, -0.2) is 8.78 Å². The molecule has 0 aromatic heterocycles. The van der Waals surface area contributed by atoms with Crippen LogP contribution < -0.4 is 10.1 Å². The third-order valence-electron chi connectivity index (χ3n) is 2.71. The van der Waals surface area contributed by atoms with Crippen molar-refractivity contribution in [2.24, 2.45) is 0 Å². The summed E-state index contributed by atoms with van der Waals surface area (Å²) in [6.45, 7) is 5.94. The third kappa shape index (κ3) is 6.30. The van der Waals surface area contributed by atoms with E-state index in [0.717, 1.165) is 5.56 Å². The molecule has 0 amide bonds. The van der Waals surface area contributed by atoms with Crippen molar-refractivity contribution >= 4 is 0 Å². The largest absolute Gasteiger partial charge is 0.497 e. The topological polar surface area (TPSA) is 30.5 Å². The van der Waals surface area contributed by atoms with Gasteiger partial charge in [-0.1, -0.05) is 12.1 Å². The maximum absolute atomic E-state index is 12.4. The summed E-state index contributed by atoms with van der Waals surface area (Å²) < 4.78 is 35.2. The Morgan fingerprint density at radius 3 is 2.50 bits per heavy atom. The van der Waals surface area contributed by atoms with E-state index in [9.17, 15) is 8.78 Å². The summed E-state index contributed by atoms with van der Waals surface area (Å²) in [6, 6.07) is 7.29. The van der Waals surface area contributed by atoms with E-state index in [-0.39, 0.29) is 5.54 Å². The predicted molar refractivity (Wildman–Crippen MR) is 75.4 cm³/mol. The molecule has 1 N–H and O–H groups in total. The molecular formula is C15H23F2NO2. The number of rotatable bonds is 7. The molecular weight excluding hydrogens is 264 g/mol. The van der Waals surface area contributed by atoms with Gasteiger partial charge in [0.25, 0.3) is 6.43 Å². The second kappa shape index (κ2) is 7.55. The van der Waals surface area contributed by atoms with Crippen LogP contribution in [0.5, 0.6) is 5.75 Å². The molecule has 3 nitrogen and oxygen atoms in total. The zero-order valence-corrected chi connectivity index (χ0v) is 12.5. The summed E-state index contributed by atoms with van der Waals surface area (Å²) in [5.41, 5.74) is 0.715. The van der Waals surface area contributed by atoms with Gasteiger partial charge < -0.3 is 14.8 Å². The van der Waals surface area contributed by atoms with Crippen molar-refractivity contribution in [3.63, 3.8) is 0 Å². The molecule has 0 aliphatic rings. The SMILES string of the molecule is COc1cccc(C(CNC(C)(C)C)OCC(F)F)c1. The van der Waals surface area contributed by atoms with Crippen LogP contribution in [-0.4, -0.2) is 32.2 Å². The van der Waals surface area contributed by atoms with Gasteiger partial charge in [-0.2, -0.15) is 0 Å². The lowest BCUT2D eigenvalue weighted by molar-refractivity contribution is -0.0263. The molecule has 1 atom stereocenters. The molecule has 0 bridgehead atoms. The van der Waals surface area contributed by atoms with Crippen LogP contribution in [0.3, 0.4) is 0 Å². The molecule has 1 aromatic rings. The van der Waals surface area contributed by atoms with Crippen LogP contribution in [0, 0.1) is 0 Å². The minimum atomic E-state index is -2.47. The van der Waals surface area contributed by atoms with Crippen LogP contribution in [0.15, 0.2) is 24.3 Å². The molecule has 5 heteroatoms. The second-order valence-electron chi connectivity index (χ2n) is 5.62. The monoisotopic (exact) mass is 287 g/mol. The molecule has 1 unspecified atom stereocenters. The Labute approximate surface area is 119 Å². The number of benzene rings is 1. The van der Waals surface area contributed by atoms with Crippen molar-refractivity contribution in [2.45, 2.75) is 38.8 Å². The first-order valence-electron chi connectivity index (χ1n) is 6.60. The molecule has 114 valence electrons. The first-order valence-corrected chi connectivity index (χ1v) is 6.60. The minimum absolute atomic E-state index is 0.106. The van der Waals surface area contributed by atoms with E-state index in [0.29, 0.717) is 12.3 Å². The molecule has 0 aliphatic carbocycles. The Morgan fingerprint density at radius 1 is 1.25 bits per heavy atom. The number of halogens is 2. The van der Waals surface area contributed by atoms with Crippen LogP contribution in [0.4, 0.5) is 8.78 Å². The standard InChI is InChI=1S/C15H23F2NO2/c1-15(2,3)18-9-13(20-10-14(16)17)11-6-5-7-12(8-11)19-4/h5-8,13-14,18H,9-10H2,1-4H3. The van der Waals surface area contributed by atoms with Crippen LogP contribution >= 0.6 is 0 Å². The highest BCUT2D eigenvalue weighted by Gasteiger charge is 2.18. The van der Waals surface area contributed by atoms with E-state index in [2.05, 4.69) is 5.32 Å². The fourth-order valence-corrected chi connectivity index (χ4v) is 1.70. The highest BCUT2D eigenvalue weighted by molar-refractivity contribution is 5.30. The quantitative estimate of drug-likeness (QED) is 0.833. The van der Waals surface area contributed by atoms with Crippen molar-refractivity contribution in [1.29, 1.82) is 0 Å². The van der Waals surface area contributed by atoms with Gasteiger partial charge in [0.15, 0.2) is 0 Å². The highest BCUT2D eigenvalue weighted by Crippen LogP contribution is 2.22. The van der Waals surface area contributed by atoms with Gasteiger partial charge in [0.2, 0.25) is 0 Å². The number of ether oxygens (including phenoxy) is 2. The Balaban J connectivity index is 2.79. The highest BCUT2D eigenvalue weighted by atomic mass is 19.3. The van der Waals surface area contributed by atoms with Crippen molar-refractivity contribution in [3.8, 4) is 5.75 Å². The van der Waals surface area contributed by atoms with Crippen LogP contribution in [0.1, 0.15) is 32.4 Å². The lowest BCUT2D eigenvalue weighted by Gasteiger charge is -2.26. The zero-order valence-electron chi connectivity index (χ0n) is 12.5. The Hall–Kier alpha value is -1.20. The molecule has 0 radical (unpaired) electrons. The molecule has 0 fully saturated rings. The molecule has 0 saturated heterocycles. The maximum atomic E-state index is 12.4. The third-order valence-corrected chi connectivity index (χ3v) is 2.71. The van der Waals surface area contributed by atoms with Gasteiger partial charge in [0, 0.05) is 12.1 Å². The fraction of sp³-hybridized carbons (Fsp3) is 0.600. The normalized spacial score (nSPS) is 13.6. The first kappa shape index (κ1) is 16.9. The number of hydrogen-bond acceptors (Lipinski definition) is 3. The average Bonchev–Trinajstić information content (AvgIpc) is 2.37. The number of methoxy groups -OCH3 is 1. The van der Waals surface area contributed by atoms with Gasteiger partial charge in [-0.15, -0.1) is 0 Å². The molecule has 20 heavy (non-hydrogen) atoms. The summed E-state index contributed by atoms with van der Waals surface area (Å²) in [5, 5.41) is 3.27. The zero-order chi connectivity index (χ0) is 15.2. The van der Waals surface area contributed by atoms with Gasteiger partial charge in [0.1, 0.15) is 12.4 Å². The summed E-state index contributed by atoms with van der Waals surface area (Å²) >= 11 is 0. The summed E-state index contributed by atoms with van der Waals surface area (Å²) in [7, 11) is 1.57. The minimum Gasteiger partial charge on any atom is -0.497 e. The fourth-order valence-electron chi connectivity index (χ4n) is 1.70. The van der Waals surface area contributed by atoms with Gasteiger partial charge in [-0.05, 0) is 38.5 Å². The molecule has 1 rings (SSSR count). The number of hydrogen-bond donors (Lipinski definition) is 1. The molecule has 0 aliphatic heterocycles. The molecule has 0 spiro atoms. The molecule has 0 heterocycles. The lowest BCUT2D eigenvalue weighted by atomic mass is 10.1. The lowest BCUT2D eigenvalue weighted by Crippen LogP contribution is -2.39. The Bertz CT molecular complexity index is 405. The van der Waals surface area contributed by atoms with E-state index in [1.165, 1.54) is 0 Å². The van der Waals surface area contributed by atoms with Crippen molar-refractivity contribution < 1.29 is 18.3 Å². The Morgan fingerprint density at radius 2 is 1.95 bits per heavy atom. The number of alkyl halides is 2. The van der Waals surface area contributed by atoms with Crippen LogP contribution in [-0.2, 0) is 4.74 Å².